The third kappa shape index (κ3) is 3.75. The SMILES string of the molecule is C[C@@H]1CCCN(C[C@H](O)COC[C@H]2C[C@H]3CC[C@H]2C3)C1. The molecule has 3 fully saturated rings. The van der Waals surface area contributed by atoms with Crippen LogP contribution < -0.4 is 0 Å². The number of likely N-dealkylation sites (tertiary alicyclic amines) is 1. The normalized spacial score (nSPS) is 39.3. The van der Waals surface area contributed by atoms with Crippen molar-refractivity contribution < 1.29 is 9.84 Å². The van der Waals surface area contributed by atoms with Gasteiger partial charge in [-0.2, -0.15) is 0 Å². The van der Waals surface area contributed by atoms with Crippen LogP contribution in [0.1, 0.15) is 45.4 Å². The number of β-amino-alcohol motifs (C(OH)–C–C–N with tert-alkyl or cyclic N) is 1. The van der Waals surface area contributed by atoms with E-state index in [1.807, 2.05) is 0 Å². The van der Waals surface area contributed by atoms with Crippen LogP contribution in [0.25, 0.3) is 0 Å². The fraction of sp³-hybridized carbons (Fsp3) is 1.00. The van der Waals surface area contributed by atoms with E-state index in [1.165, 1.54) is 38.5 Å². The topological polar surface area (TPSA) is 32.7 Å². The van der Waals surface area contributed by atoms with Gasteiger partial charge in [0, 0.05) is 19.7 Å². The van der Waals surface area contributed by atoms with Gasteiger partial charge in [-0.05, 0) is 62.3 Å². The number of hydrogen-bond donors (Lipinski definition) is 1. The molecule has 1 aliphatic heterocycles. The van der Waals surface area contributed by atoms with Crippen molar-refractivity contribution in [2.75, 3.05) is 32.8 Å². The molecule has 5 atom stereocenters. The molecule has 3 heteroatoms. The first-order chi connectivity index (χ1) is 9.70. The van der Waals surface area contributed by atoms with Gasteiger partial charge in [-0.15, -0.1) is 0 Å². The van der Waals surface area contributed by atoms with Crippen molar-refractivity contribution >= 4 is 0 Å². The number of aliphatic hydroxyl groups excluding tert-OH is 1. The highest BCUT2D eigenvalue weighted by molar-refractivity contribution is 4.89. The van der Waals surface area contributed by atoms with Crippen LogP contribution in [0, 0.1) is 23.7 Å². The zero-order valence-electron chi connectivity index (χ0n) is 13.0. The summed E-state index contributed by atoms with van der Waals surface area (Å²) in [5.74, 6) is 3.50. The molecule has 0 aromatic rings. The minimum Gasteiger partial charge on any atom is -0.389 e. The third-order valence-electron chi connectivity index (χ3n) is 5.74. The summed E-state index contributed by atoms with van der Waals surface area (Å²) in [6, 6.07) is 0. The number of rotatable bonds is 6. The Bertz CT molecular complexity index is 309. The monoisotopic (exact) mass is 281 g/mol. The van der Waals surface area contributed by atoms with E-state index in [0.717, 1.165) is 49.9 Å². The third-order valence-corrected chi connectivity index (χ3v) is 5.74. The van der Waals surface area contributed by atoms with Crippen LogP contribution in [0.5, 0.6) is 0 Å². The molecule has 1 N–H and O–H groups in total. The Morgan fingerprint density at radius 2 is 2.15 bits per heavy atom. The van der Waals surface area contributed by atoms with Crippen LogP contribution in [0.4, 0.5) is 0 Å². The van der Waals surface area contributed by atoms with Gasteiger partial charge in [-0.1, -0.05) is 13.3 Å². The molecular weight excluding hydrogens is 250 g/mol. The zero-order chi connectivity index (χ0) is 13.9. The fourth-order valence-electron chi connectivity index (χ4n) is 4.74. The average molecular weight is 281 g/mol. The summed E-state index contributed by atoms with van der Waals surface area (Å²) in [6.07, 6.45) is 8.02. The number of fused-ring (bicyclic) bond motifs is 2. The smallest absolute Gasteiger partial charge is 0.0900 e. The number of piperidine rings is 1. The number of hydrogen-bond acceptors (Lipinski definition) is 3. The van der Waals surface area contributed by atoms with Crippen molar-refractivity contribution in [3.63, 3.8) is 0 Å². The standard InChI is InChI=1S/C17H31NO2/c1-13-3-2-6-18(9-13)10-17(19)12-20-11-16-8-14-4-5-15(16)7-14/h13-17,19H,2-12H2,1H3/t13-,14+,15+,16-,17+/m1/s1. The van der Waals surface area contributed by atoms with E-state index in [9.17, 15) is 5.11 Å². The second kappa shape index (κ2) is 6.76. The molecule has 0 amide bonds. The first-order valence-electron chi connectivity index (χ1n) is 8.69. The number of nitrogens with zero attached hydrogens (tertiary/aromatic N) is 1. The maximum absolute atomic E-state index is 10.1. The molecule has 0 aromatic heterocycles. The van der Waals surface area contributed by atoms with Gasteiger partial charge < -0.3 is 14.7 Å². The maximum atomic E-state index is 10.1. The Balaban J connectivity index is 1.30. The molecule has 2 saturated carbocycles. The van der Waals surface area contributed by atoms with Gasteiger partial charge in [0.25, 0.3) is 0 Å². The summed E-state index contributed by atoms with van der Waals surface area (Å²) in [7, 11) is 0. The second-order valence-corrected chi connectivity index (χ2v) is 7.63. The van der Waals surface area contributed by atoms with Gasteiger partial charge in [0.1, 0.15) is 0 Å². The minimum absolute atomic E-state index is 0.307. The maximum Gasteiger partial charge on any atom is 0.0900 e. The predicted octanol–water partition coefficient (Wildman–Crippen LogP) is 2.53. The van der Waals surface area contributed by atoms with E-state index in [2.05, 4.69) is 11.8 Å². The van der Waals surface area contributed by atoms with E-state index in [1.54, 1.807) is 0 Å². The van der Waals surface area contributed by atoms with Crippen LogP contribution >= 0.6 is 0 Å². The molecule has 2 aliphatic carbocycles. The van der Waals surface area contributed by atoms with Gasteiger partial charge in [0.15, 0.2) is 0 Å². The van der Waals surface area contributed by atoms with Crippen LogP contribution in [0.15, 0.2) is 0 Å². The highest BCUT2D eigenvalue weighted by Gasteiger charge is 2.39. The lowest BCUT2D eigenvalue weighted by molar-refractivity contribution is -0.00689. The Kier molecular flexibility index (Phi) is 5.00. The van der Waals surface area contributed by atoms with Gasteiger partial charge in [-0.3, -0.25) is 0 Å². The molecule has 0 spiro atoms. The van der Waals surface area contributed by atoms with Crippen molar-refractivity contribution in [2.45, 2.75) is 51.6 Å². The van der Waals surface area contributed by atoms with E-state index >= 15 is 0 Å². The van der Waals surface area contributed by atoms with Gasteiger partial charge in [0.2, 0.25) is 0 Å². The lowest BCUT2D eigenvalue weighted by Crippen LogP contribution is -2.41. The first kappa shape index (κ1) is 14.8. The van der Waals surface area contributed by atoms with Gasteiger partial charge in [-0.25, -0.2) is 0 Å². The lowest BCUT2D eigenvalue weighted by atomic mass is 9.90. The molecule has 1 heterocycles. The van der Waals surface area contributed by atoms with Crippen LogP contribution in [0.2, 0.25) is 0 Å². The fourth-order valence-corrected chi connectivity index (χ4v) is 4.74. The van der Waals surface area contributed by atoms with E-state index in [4.69, 9.17) is 4.74 Å². The second-order valence-electron chi connectivity index (χ2n) is 7.63. The molecule has 3 aliphatic rings. The zero-order valence-corrected chi connectivity index (χ0v) is 13.0. The molecule has 0 aromatic carbocycles. The summed E-state index contributed by atoms with van der Waals surface area (Å²) in [5, 5.41) is 10.1. The van der Waals surface area contributed by atoms with E-state index in [-0.39, 0.29) is 6.10 Å². The molecular formula is C17H31NO2. The molecule has 0 radical (unpaired) electrons. The summed E-state index contributed by atoms with van der Waals surface area (Å²) in [4.78, 5) is 2.40. The molecule has 0 unspecified atom stereocenters. The Morgan fingerprint density at radius 3 is 2.85 bits per heavy atom. The quantitative estimate of drug-likeness (QED) is 0.812. The lowest BCUT2D eigenvalue weighted by Gasteiger charge is -2.32. The summed E-state index contributed by atoms with van der Waals surface area (Å²) in [5.41, 5.74) is 0. The Morgan fingerprint density at radius 1 is 1.25 bits per heavy atom. The molecule has 20 heavy (non-hydrogen) atoms. The highest BCUT2D eigenvalue weighted by Crippen LogP contribution is 2.48. The predicted molar refractivity (Wildman–Crippen MR) is 80.6 cm³/mol. The molecule has 3 rings (SSSR count). The molecule has 1 saturated heterocycles. The highest BCUT2D eigenvalue weighted by atomic mass is 16.5. The average Bonchev–Trinajstić information content (AvgIpc) is 3.01. The molecule has 2 bridgehead atoms. The van der Waals surface area contributed by atoms with E-state index < -0.39 is 0 Å². The van der Waals surface area contributed by atoms with E-state index in [0.29, 0.717) is 6.61 Å². The number of aliphatic hydroxyl groups is 1. The first-order valence-corrected chi connectivity index (χ1v) is 8.69. The molecule has 116 valence electrons. The largest absolute Gasteiger partial charge is 0.389 e. The van der Waals surface area contributed by atoms with Gasteiger partial charge >= 0.3 is 0 Å². The summed E-state index contributed by atoms with van der Waals surface area (Å²) < 4.78 is 5.82. The van der Waals surface area contributed by atoms with Crippen molar-refractivity contribution in [1.82, 2.24) is 4.90 Å². The van der Waals surface area contributed by atoms with Crippen molar-refractivity contribution in [2.24, 2.45) is 23.7 Å². The summed E-state index contributed by atoms with van der Waals surface area (Å²) >= 11 is 0. The van der Waals surface area contributed by atoms with Crippen LogP contribution in [0.3, 0.4) is 0 Å². The summed E-state index contributed by atoms with van der Waals surface area (Å²) in [6.45, 7) is 6.80. The van der Waals surface area contributed by atoms with Crippen molar-refractivity contribution in [3.8, 4) is 0 Å². The van der Waals surface area contributed by atoms with Crippen LogP contribution in [-0.2, 0) is 4.74 Å². The van der Waals surface area contributed by atoms with Crippen molar-refractivity contribution in [3.05, 3.63) is 0 Å². The van der Waals surface area contributed by atoms with Gasteiger partial charge in [0.05, 0.1) is 12.7 Å². The minimum atomic E-state index is -0.307. The van der Waals surface area contributed by atoms with Crippen LogP contribution in [-0.4, -0.2) is 49.0 Å². The Labute approximate surface area is 123 Å². The molecule has 3 nitrogen and oxygen atoms in total. The van der Waals surface area contributed by atoms with Crippen molar-refractivity contribution in [1.29, 1.82) is 0 Å². The number of ether oxygens (including phenoxy) is 1. The Hall–Kier alpha value is -0.120.